The van der Waals surface area contributed by atoms with Crippen LogP contribution in [0, 0.1) is 13.8 Å². The molecule has 1 aliphatic heterocycles. The molecule has 2 aromatic rings. The van der Waals surface area contributed by atoms with Crippen molar-refractivity contribution in [2.24, 2.45) is 10.7 Å². The number of hydrogen-bond donors (Lipinski definition) is 4. The molecule has 37 heavy (non-hydrogen) atoms. The van der Waals surface area contributed by atoms with Crippen molar-refractivity contribution in [1.29, 1.82) is 0 Å². The molecule has 0 unspecified atom stereocenters. The summed E-state index contributed by atoms with van der Waals surface area (Å²) >= 11 is 1.19. The first-order chi connectivity index (χ1) is 17.7. The number of nitrogens with zero attached hydrogens (tertiary/aromatic N) is 1. The van der Waals surface area contributed by atoms with E-state index in [0.717, 1.165) is 42.5 Å². The van der Waals surface area contributed by atoms with Gasteiger partial charge in [-0.15, -0.1) is 0 Å². The minimum absolute atomic E-state index is 0.100. The third-order valence-corrected chi connectivity index (χ3v) is 7.70. The number of nitrogens with two attached hydrogens (primary N) is 1. The van der Waals surface area contributed by atoms with Crippen molar-refractivity contribution in [2.75, 3.05) is 10.6 Å². The van der Waals surface area contributed by atoms with Gasteiger partial charge in [-0.2, -0.15) is 0 Å². The lowest BCUT2D eigenvalue weighted by molar-refractivity contribution is -0.118. The molecule has 0 saturated heterocycles. The van der Waals surface area contributed by atoms with E-state index in [0.29, 0.717) is 16.4 Å². The van der Waals surface area contributed by atoms with E-state index < -0.39 is 5.25 Å². The molecule has 2 aliphatic rings. The van der Waals surface area contributed by atoms with E-state index in [2.05, 4.69) is 16.0 Å². The van der Waals surface area contributed by atoms with Gasteiger partial charge in [-0.3, -0.25) is 14.4 Å². The first-order valence-electron chi connectivity index (χ1n) is 12.5. The summed E-state index contributed by atoms with van der Waals surface area (Å²) in [4.78, 5) is 42.7. The minimum Gasteiger partial charge on any atom is -0.400 e. The molecule has 2 aromatic carbocycles. The highest BCUT2D eigenvalue weighted by Crippen LogP contribution is 2.36. The Labute approximate surface area is 221 Å². The molecule has 1 atom stereocenters. The largest absolute Gasteiger partial charge is 0.400 e. The molecule has 9 heteroatoms. The topological polar surface area (TPSA) is 126 Å². The van der Waals surface area contributed by atoms with Crippen molar-refractivity contribution in [3.8, 4) is 0 Å². The van der Waals surface area contributed by atoms with Crippen LogP contribution in [0.25, 0.3) is 0 Å². The zero-order chi connectivity index (χ0) is 26.5. The van der Waals surface area contributed by atoms with Gasteiger partial charge in [-0.05, 0) is 68.1 Å². The van der Waals surface area contributed by atoms with Crippen molar-refractivity contribution >= 4 is 51.6 Å². The van der Waals surface area contributed by atoms with Crippen LogP contribution in [0.15, 0.2) is 58.7 Å². The van der Waals surface area contributed by atoms with E-state index in [1.165, 1.54) is 25.1 Å². The summed E-state index contributed by atoms with van der Waals surface area (Å²) in [5, 5.41) is 8.33. The van der Waals surface area contributed by atoms with Crippen LogP contribution in [0.1, 0.15) is 50.2 Å². The smallest absolute Gasteiger partial charge is 0.256 e. The van der Waals surface area contributed by atoms with E-state index in [1.54, 1.807) is 24.3 Å². The molecule has 0 bridgehead atoms. The Morgan fingerprint density at radius 2 is 1.59 bits per heavy atom. The Morgan fingerprint density at radius 3 is 2.24 bits per heavy atom. The van der Waals surface area contributed by atoms with Crippen LogP contribution < -0.4 is 21.7 Å². The van der Waals surface area contributed by atoms with Crippen molar-refractivity contribution in [1.82, 2.24) is 5.32 Å². The van der Waals surface area contributed by atoms with E-state index in [-0.39, 0.29) is 35.0 Å². The van der Waals surface area contributed by atoms with Gasteiger partial charge in [0, 0.05) is 30.0 Å². The highest BCUT2D eigenvalue weighted by Gasteiger charge is 2.39. The summed E-state index contributed by atoms with van der Waals surface area (Å²) in [6.07, 6.45) is 5.23. The van der Waals surface area contributed by atoms with Crippen molar-refractivity contribution in [2.45, 2.75) is 64.2 Å². The van der Waals surface area contributed by atoms with E-state index in [9.17, 15) is 14.4 Å². The van der Waals surface area contributed by atoms with E-state index in [1.807, 2.05) is 32.0 Å². The van der Waals surface area contributed by atoms with Crippen LogP contribution in [0.2, 0.25) is 0 Å². The minimum atomic E-state index is -0.800. The number of anilines is 2. The van der Waals surface area contributed by atoms with E-state index >= 15 is 0 Å². The Morgan fingerprint density at radius 1 is 0.946 bits per heavy atom. The fourth-order valence-corrected chi connectivity index (χ4v) is 5.61. The molecule has 1 fully saturated rings. The molecule has 4 rings (SSSR count). The van der Waals surface area contributed by atoms with Crippen molar-refractivity contribution < 1.29 is 14.4 Å². The molecular formula is C28H33N5O3S. The quantitative estimate of drug-likeness (QED) is 0.440. The number of hydrogen-bond acceptors (Lipinski definition) is 6. The summed E-state index contributed by atoms with van der Waals surface area (Å²) in [6.45, 7) is 5.38. The van der Waals surface area contributed by atoms with Crippen LogP contribution in [0.4, 0.5) is 17.1 Å². The lowest BCUT2D eigenvalue weighted by Gasteiger charge is -2.23. The number of benzene rings is 2. The standard InChI is InChI=1S/C28H33N5O3S/c1-16-9-10-17(2)22(15-16)33-28-23(26(35)31-19-7-5-4-6-8-19)24(29)25(37-28)27(36)32-21-13-11-20(12-14-21)30-18(3)34/h9-15,19,25H,4-8,29H2,1-3H3,(H,30,34)(H,31,35)(H,32,36)/t25-/m0/s1. The lowest BCUT2D eigenvalue weighted by atomic mass is 9.95. The maximum atomic E-state index is 13.4. The van der Waals surface area contributed by atoms with Crippen LogP contribution >= 0.6 is 11.8 Å². The molecule has 0 aromatic heterocycles. The van der Waals surface area contributed by atoms with Gasteiger partial charge in [-0.25, -0.2) is 4.99 Å². The number of carbonyl (C=O) groups is 3. The first kappa shape index (κ1) is 26.5. The third-order valence-electron chi connectivity index (χ3n) is 6.48. The van der Waals surface area contributed by atoms with Gasteiger partial charge >= 0.3 is 0 Å². The number of aryl methyl sites for hydroxylation is 2. The van der Waals surface area contributed by atoms with Crippen LogP contribution in [0.3, 0.4) is 0 Å². The molecular weight excluding hydrogens is 486 g/mol. The fraction of sp³-hybridized carbons (Fsp3) is 0.357. The van der Waals surface area contributed by atoms with E-state index in [4.69, 9.17) is 10.7 Å². The number of carbonyl (C=O) groups excluding carboxylic acids is 3. The van der Waals surface area contributed by atoms with Gasteiger partial charge in [0.1, 0.15) is 10.3 Å². The Hall–Kier alpha value is -3.59. The summed E-state index contributed by atoms with van der Waals surface area (Å²) in [7, 11) is 0. The zero-order valence-electron chi connectivity index (χ0n) is 21.4. The van der Waals surface area contributed by atoms with Crippen LogP contribution in [0.5, 0.6) is 0 Å². The predicted molar refractivity (Wildman–Crippen MR) is 150 cm³/mol. The zero-order valence-corrected chi connectivity index (χ0v) is 22.2. The molecule has 1 aliphatic carbocycles. The number of nitrogens with one attached hydrogen (secondary N) is 3. The van der Waals surface area contributed by atoms with Gasteiger partial charge in [0.15, 0.2) is 0 Å². The van der Waals surface area contributed by atoms with Crippen LogP contribution in [-0.2, 0) is 14.4 Å². The molecule has 1 saturated carbocycles. The fourth-order valence-electron chi connectivity index (χ4n) is 4.50. The van der Waals surface area contributed by atoms with Crippen molar-refractivity contribution in [3.63, 3.8) is 0 Å². The second kappa shape index (κ2) is 11.6. The second-order valence-corrected chi connectivity index (χ2v) is 10.7. The molecule has 5 N–H and O–H groups in total. The SMILES string of the molecule is CC(=O)Nc1ccc(NC(=O)[C@H]2SC(=Nc3cc(C)ccc3C)C(C(=O)NC3CCCCC3)=C2N)cc1. The molecule has 1 heterocycles. The normalized spacial score (nSPS) is 19.1. The summed E-state index contributed by atoms with van der Waals surface area (Å²) in [6, 6.07) is 12.9. The highest BCUT2D eigenvalue weighted by atomic mass is 32.2. The number of amides is 3. The third kappa shape index (κ3) is 6.60. The van der Waals surface area contributed by atoms with Gasteiger partial charge in [-0.1, -0.05) is 43.2 Å². The number of aliphatic imine (C=N–C) groups is 1. The molecule has 8 nitrogen and oxygen atoms in total. The number of rotatable bonds is 6. The monoisotopic (exact) mass is 519 g/mol. The number of thioether (sulfide) groups is 1. The van der Waals surface area contributed by atoms with Gasteiger partial charge < -0.3 is 21.7 Å². The Kier molecular flexibility index (Phi) is 8.33. The van der Waals surface area contributed by atoms with Gasteiger partial charge in [0.25, 0.3) is 5.91 Å². The molecule has 0 radical (unpaired) electrons. The van der Waals surface area contributed by atoms with Crippen molar-refractivity contribution in [3.05, 3.63) is 64.9 Å². The Bertz CT molecular complexity index is 1260. The molecule has 194 valence electrons. The first-order valence-corrected chi connectivity index (χ1v) is 13.4. The van der Waals surface area contributed by atoms with Crippen LogP contribution in [-0.4, -0.2) is 34.1 Å². The van der Waals surface area contributed by atoms with Gasteiger partial charge in [0.2, 0.25) is 11.8 Å². The molecule has 0 spiro atoms. The second-order valence-electron chi connectivity index (χ2n) is 9.59. The average molecular weight is 520 g/mol. The predicted octanol–water partition coefficient (Wildman–Crippen LogP) is 4.71. The Balaban J connectivity index is 1.60. The van der Waals surface area contributed by atoms with Gasteiger partial charge in [0.05, 0.1) is 11.3 Å². The summed E-state index contributed by atoms with van der Waals surface area (Å²) in [5.74, 6) is -0.799. The molecule has 3 amide bonds. The average Bonchev–Trinajstić information content (AvgIpc) is 3.18. The maximum Gasteiger partial charge on any atom is 0.256 e. The summed E-state index contributed by atoms with van der Waals surface area (Å²) in [5.41, 5.74) is 10.9. The summed E-state index contributed by atoms with van der Waals surface area (Å²) < 4.78 is 0. The lowest BCUT2D eigenvalue weighted by Crippen LogP contribution is -2.38. The maximum absolute atomic E-state index is 13.4. The highest BCUT2D eigenvalue weighted by molar-refractivity contribution is 8.16.